The third-order valence-corrected chi connectivity index (χ3v) is 2.96. The van der Waals surface area contributed by atoms with E-state index in [0.29, 0.717) is 0 Å². The predicted octanol–water partition coefficient (Wildman–Crippen LogP) is 2.95. The summed E-state index contributed by atoms with van der Waals surface area (Å²) in [6.45, 7) is 0. The zero-order valence-electron chi connectivity index (χ0n) is 10.9. The Labute approximate surface area is 126 Å². The second-order valence-electron chi connectivity index (χ2n) is 4.27. The van der Waals surface area contributed by atoms with Gasteiger partial charge in [0.15, 0.2) is 0 Å². The van der Waals surface area contributed by atoms with Crippen LogP contribution < -0.4 is 0 Å². The highest BCUT2D eigenvalue weighted by molar-refractivity contribution is 5.86. The first-order valence-corrected chi connectivity index (χ1v) is 5.48. The Bertz CT molecular complexity index is 699. The summed E-state index contributed by atoms with van der Waals surface area (Å²) < 4.78 is 78.3. The van der Waals surface area contributed by atoms with Gasteiger partial charge in [0, 0.05) is 6.07 Å². The van der Waals surface area contributed by atoms with Crippen LogP contribution in [0.5, 0.6) is 0 Å². The molecule has 0 atom stereocenters. The number of aliphatic carboxylic acids is 1. The minimum atomic E-state index is -6.52. The Hall–Kier alpha value is -2.93. The van der Waals surface area contributed by atoms with Crippen LogP contribution in [-0.2, 0) is 10.2 Å². The molecule has 0 saturated heterocycles. The van der Waals surface area contributed by atoms with Gasteiger partial charge in [-0.2, -0.15) is 26.3 Å². The fourth-order valence-electron chi connectivity index (χ4n) is 1.93. The van der Waals surface area contributed by atoms with Crippen LogP contribution in [0.2, 0.25) is 0 Å². The van der Waals surface area contributed by atoms with E-state index >= 15 is 0 Å². The van der Waals surface area contributed by atoms with E-state index in [1.165, 1.54) is 0 Å². The lowest BCUT2D eigenvalue weighted by molar-refractivity contribution is -0.396. The number of hydrogen-bond acceptors (Lipinski definition) is 5. The van der Waals surface area contributed by atoms with Gasteiger partial charge in [0.2, 0.25) is 0 Å². The van der Waals surface area contributed by atoms with Crippen molar-refractivity contribution in [2.24, 2.45) is 0 Å². The lowest BCUT2D eigenvalue weighted by Gasteiger charge is -2.33. The molecule has 0 fully saturated rings. The molecular weight excluding hydrogens is 358 g/mol. The molecule has 24 heavy (non-hydrogen) atoms. The molecule has 8 nitrogen and oxygen atoms in total. The highest BCUT2D eigenvalue weighted by Crippen LogP contribution is 2.54. The molecule has 14 heteroatoms. The molecule has 0 saturated carbocycles. The molecule has 0 aliphatic rings. The third kappa shape index (κ3) is 2.69. The van der Waals surface area contributed by atoms with Crippen molar-refractivity contribution in [1.29, 1.82) is 0 Å². The summed E-state index contributed by atoms with van der Waals surface area (Å²) in [5.74, 6) is -3.46. The monoisotopic (exact) mass is 362 g/mol. The molecule has 0 aliphatic heterocycles. The van der Waals surface area contributed by atoms with Crippen molar-refractivity contribution in [3.63, 3.8) is 0 Å². The number of rotatable bonds is 4. The summed E-state index contributed by atoms with van der Waals surface area (Å²) in [5.41, 5.74) is -11.1. The molecule has 0 aromatic heterocycles. The molecule has 1 N–H and O–H groups in total. The first-order chi connectivity index (χ1) is 10.7. The number of benzene rings is 1. The summed E-state index contributed by atoms with van der Waals surface area (Å²) in [6.07, 6.45) is -13.0. The maximum atomic E-state index is 13.1. The van der Waals surface area contributed by atoms with Crippen LogP contribution in [-0.4, -0.2) is 33.3 Å². The number of non-ortho nitro benzene ring substituents is 1. The van der Waals surface area contributed by atoms with Crippen molar-refractivity contribution in [1.82, 2.24) is 0 Å². The minimum absolute atomic E-state index is 0.109. The minimum Gasteiger partial charge on any atom is -0.480 e. The number of hydrogen-bond donors (Lipinski definition) is 1. The maximum Gasteiger partial charge on any atom is 0.418 e. The van der Waals surface area contributed by atoms with Gasteiger partial charge in [-0.3, -0.25) is 25.0 Å². The van der Waals surface area contributed by atoms with Crippen LogP contribution in [0.15, 0.2) is 18.2 Å². The normalized spacial score (nSPS) is 12.8. The first-order valence-electron chi connectivity index (χ1n) is 5.48. The van der Waals surface area contributed by atoms with Gasteiger partial charge in [0.1, 0.15) is 0 Å². The van der Waals surface area contributed by atoms with E-state index in [0.717, 1.165) is 0 Å². The fraction of sp³-hybridized carbons (Fsp3) is 0.300. The molecule has 0 spiro atoms. The zero-order chi connectivity index (χ0) is 19.1. The average molecular weight is 362 g/mol. The molecule has 0 heterocycles. The SMILES string of the molecule is O=C(O)C(c1ccc([N+](=O)[O-])cc1[N+](=O)[O-])(C(F)(F)F)C(F)(F)F. The quantitative estimate of drug-likeness (QED) is 0.499. The molecule has 0 bridgehead atoms. The van der Waals surface area contributed by atoms with Gasteiger partial charge in [-0.15, -0.1) is 0 Å². The standard InChI is InChI=1S/C10H4F6N2O6/c11-9(12,13)8(7(19)20,10(14,15)16)5-2-1-4(17(21)22)3-6(5)18(23)24/h1-3H,(H,19,20). The molecule has 1 rings (SSSR count). The van der Waals surface area contributed by atoms with E-state index < -0.39 is 50.5 Å². The van der Waals surface area contributed by atoms with E-state index in [9.17, 15) is 51.4 Å². The molecule has 132 valence electrons. The van der Waals surface area contributed by atoms with Crippen LogP contribution in [0.1, 0.15) is 5.56 Å². The largest absolute Gasteiger partial charge is 0.480 e. The predicted molar refractivity (Wildman–Crippen MR) is 61.2 cm³/mol. The van der Waals surface area contributed by atoms with Gasteiger partial charge in [0.25, 0.3) is 16.8 Å². The summed E-state index contributed by atoms with van der Waals surface area (Å²) in [4.78, 5) is 29.1. The third-order valence-electron chi connectivity index (χ3n) is 2.96. The van der Waals surface area contributed by atoms with Gasteiger partial charge in [0.05, 0.1) is 21.5 Å². The molecule has 1 aromatic carbocycles. The second-order valence-corrected chi connectivity index (χ2v) is 4.27. The Balaban J connectivity index is 4.02. The number of halogens is 6. The number of alkyl halides is 6. The number of nitrogens with zero attached hydrogens (tertiary/aromatic N) is 2. The Morgan fingerprint density at radius 2 is 1.42 bits per heavy atom. The van der Waals surface area contributed by atoms with Crippen LogP contribution in [0.25, 0.3) is 0 Å². The zero-order valence-corrected chi connectivity index (χ0v) is 10.9. The topological polar surface area (TPSA) is 124 Å². The van der Waals surface area contributed by atoms with Crippen LogP contribution in [0, 0.1) is 20.2 Å². The van der Waals surface area contributed by atoms with Crippen molar-refractivity contribution < 1.29 is 46.1 Å². The fourth-order valence-corrected chi connectivity index (χ4v) is 1.93. The Morgan fingerprint density at radius 3 is 1.71 bits per heavy atom. The second kappa shape index (κ2) is 5.61. The molecule has 0 aliphatic carbocycles. The van der Waals surface area contributed by atoms with Gasteiger partial charge < -0.3 is 5.11 Å². The highest BCUT2D eigenvalue weighted by atomic mass is 19.4. The summed E-state index contributed by atoms with van der Waals surface area (Å²) in [7, 11) is 0. The Kier molecular flexibility index (Phi) is 4.47. The number of carboxylic acid groups (broad SMARTS) is 1. The smallest absolute Gasteiger partial charge is 0.418 e. The van der Waals surface area contributed by atoms with E-state index in [2.05, 4.69) is 0 Å². The van der Waals surface area contributed by atoms with E-state index in [1.54, 1.807) is 0 Å². The van der Waals surface area contributed by atoms with Crippen molar-refractivity contribution in [2.45, 2.75) is 17.8 Å². The van der Waals surface area contributed by atoms with Crippen molar-refractivity contribution in [2.75, 3.05) is 0 Å². The van der Waals surface area contributed by atoms with Crippen molar-refractivity contribution in [3.8, 4) is 0 Å². The number of nitro benzene ring substituents is 2. The van der Waals surface area contributed by atoms with Crippen LogP contribution in [0.4, 0.5) is 37.7 Å². The number of nitro groups is 2. The van der Waals surface area contributed by atoms with Gasteiger partial charge in [-0.05, 0) is 6.07 Å². The summed E-state index contributed by atoms with van der Waals surface area (Å²) >= 11 is 0. The van der Waals surface area contributed by atoms with E-state index in [4.69, 9.17) is 5.11 Å². The Morgan fingerprint density at radius 1 is 0.958 bits per heavy atom. The van der Waals surface area contributed by atoms with Crippen molar-refractivity contribution in [3.05, 3.63) is 44.0 Å². The molecular formula is C10H4F6N2O6. The lowest BCUT2D eigenvalue weighted by Crippen LogP contribution is -2.59. The average Bonchev–Trinajstić information content (AvgIpc) is 2.34. The van der Waals surface area contributed by atoms with Gasteiger partial charge >= 0.3 is 18.3 Å². The molecule has 1 aromatic rings. The number of carboxylic acids is 1. The van der Waals surface area contributed by atoms with Gasteiger partial charge in [-0.1, -0.05) is 0 Å². The van der Waals surface area contributed by atoms with Crippen molar-refractivity contribution >= 4 is 17.3 Å². The van der Waals surface area contributed by atoms with E-state index in [1.807, 2.05) is 0 Å². The molecule has 0 unspecified atom stereocenters. The molecule has 0 radical (unpaired) electrons. The van der Waals surface area contributed by atoms with Crippen LogP contribution in [0.3, 0.4) is 0 Å². The summed E-state index contributed by atoms with van der Waals surface area (Å²) in [5, 5.41) is 29.9. The van der Waals surface area contributed by atoms with Crippen LogP contribution >= 0.6 is 0 Å². The van der Waals surface area contributed by atoms with E-state index in [-0.39, 0.29) is 18.2 Å². The maximum absolute atomic E-state index is 13.1. The van der Waals surface area contributed by atoms with Gasteiger partial charge in [-0.25, -0.2) is 0 Å². The lowest BCUT2D eigenvalue weighted by atomic mass is 9.77. The first kappa shape index (κ1) is 19.1. The summed E-state index contributed by atoms with van der Waals surface area (Å²) in [6, 6.07) is -0.312. The number of carbonyl (C=O) groups is 1. The highest BCUT2D eigenvalue weighted by Gasteiger charge is 2.78. The molecule has 0 amide bonds.